The summed E-state index contributed by atoms with van der Waals surface area (Å²) in [5.41, 5.74) is 1.60. The molecule has 0 bridgehead atoms. The molecule has 0 spiro atoms. The summed E-state index contributed by atoms with van der Waals surface area (Å²) in [7, 11) is -3.60. The summed E-state index contributed by atoms with van der Waals surface area (Å²) in [4.78, 5) is 13.4. The van der Waals surface area contributed by atoms with Crippen LogP contribution in [0.15, 0.2) is 53.4 Å². The number of nitrogens with two attached hydrogens (primary N) is 1. The molecule has 0 heterocycles. The maximum Gasteiger partial charge on any atom is 0.255 e. The molecule has 0 aliphatic rings. The first-order valence-corrected chi connectivity index (χ1v) is 10.00. The van der Waals surface area contributed by atoms with Gasteiger partial charge in [-0.05, 0) is 42.0 Å². The Morgan fingerprint density at radius 3 is 2.42 bits per heavy atom. The van der Waals surface area contributed by atoms with Gasteiger partial charge in [0.25, 0.3) is 5.91 Å². The van der Waals surface area contributed by atoms with Crippen LogP contribution in [0.5, 0.6) is 0 Å². The minimum Gasteiger partial charge on any atom is -0.322 e. The normalized spacial score (nSPS) is 11.5. The lowest BCUT2D eigenvalue weighted by molar-refractivity contribution is 0.102. The molecule has 2 aromatic carbocycles. The second-order valence-corrected chi connectivity index (χ2v) is 8.92. The van der Waals surface area contributed by atoms with E-state index in [2.05, 4.69) is 19.2 Å². The van der Waals surface area contributed by atoms with E-state index in [0.29, 0.717) is 22.1 Å². The number of carbonyl (C=O) groups is 1. The number of amides is 1. The Balaban J connectivity index is 2.08. The molecule has 0 atom stereocenters. The second-order valence-electron chi connectivity index (χ2n) is 5.65. The van der Waals surface area contributed by atoms with Crippen molar-refractivity contribution in [1.82, 2.24) is 0 Å². The zero-order valence-corrected chi connectivity index (χ0v) is 15.2. The number of carbonyl (C=O) groups excluding carboxylic acids is 1. The van der Waals surface area contributed by atoms with Gasteiger partial charge in [-0.1, -0.05) is 26.0 Å². The van der Waals surface area contributed by atoms with Gasteiger partial charge in [0.2, 0.25) is 10.0 Å². The van der Waals surface area contributed by atoms with Crippen molar-refractivity contribution in [2.45, 2.75) is 29.7 Å². The number of primary sulfonamides is 1. The number of benzene rings is 2. The highest BCUT2D eigenvalue weighted by atomic mass is 32.2. The van der Waals surface area contributed by atoms with Crippen molar-refractivity contribution in [1.29, 1.82) is 0 Å². The number of rotatable bonds is 6. The molecule has 2 aromatic rings. The van der Waals surface area contributed by atoms with E-state index in [-0.39, 0.29) is 11.7 Å². The third-order valence-electron chi connectivity index (χ3n) is 3.04. The fraction of sp³-hybridized carbons (Fsp3) is 0.235. The van der Waals surface area contributed by atoms with Crippen molar-refractivity contribution >= 4 is 33.4 Å². The maximum atomic E-state index is 12.3. The van der Waals surface area contributed by atoms with Crippen molar-refractivity contribution in [2.75, 3.05) is 5.32 Å². The van der Waals surface area contributed by atoms with Crippen molar-refractivity contribution < 1.29 is 13.2 Å². The SMILES string of the molecule is CC(C)Sc1ccc(C(=O)Nc2cccc(CS(N)(=O)=O)c2)cc1. The highest BCUT2D eigenvalue weighted by molar-refractivity contribution is 7.99. The summed E-state index contributed by atoms with van der Waals surface area (Å²) in [5.74, 6) is -0.512. The Morgan fingerprint density at radius 1 is 1.17 bits per heavy atom. The van der Waals surface area contributed by atoms with Gasteiger partial charge in [0.15, 0.2) is 0 Å². The molecule has 0 unspecified atom stereocenters. The van der Waals surface area contributed by atoms with Crippen LogP contribution in [-0.2, 0) is 15.8 Å². The number of nitrogens with one attached hydrogen (secondary N) is 1. The van der Waals surface area contributed by atoms with Crippen LogP contribution in [0, 0.1) is 0 Å². The molecule has 0 radical (unpaired) electrons. The highest BCUT2D eigenvalue weighted by Gasteiger charge is 2.09. The quantitative estimate of drug-likeness (QED) is 0.770. The van der Waals surface area contributed by atoms with Crippen molar-refractivity contribution in [3.05, 3.63) is 59.7 Å². The molecule has 0 aliphatic heterocycles. The molecule has 0 saturated heterocycles. The third-order valence-corrected chi connectivity index (χ3v) is 4.79. The van der Waals surface area contributed by atoms with Crippen molar-refractivity contribution in [3.63, 3.8) is 0 Å². The van der Waals surface area contributed by atoms with E-state index in [0.717, 1.165) is 4.90 Å². The molecule has 3 N–H and O–H groups in total. The van der Waals surface area contributed by atoms with Gasteiger partial charge in [0.1, 0.15) is 0 Å². The monoisotopic (exact) mass is 364 g/mol. The van der Waals surface area contributed by atoms with Crippen LogP contribution in [0.2, 0.25) is 0 Å². The molecule has 0 saturated carbocycles. The molecule has 128 valence electrons. The lowest BCUT2D eigenvalue weighted by atomic mass is 10.2. The van der Waals surface area contributed by atoms with Crippen molar-refractivity contribution in [3.8, 4) is 0 Å². The molecule has 2 rings (SSSR count). The summed E-state index contributed by atoms with van der Waals surface area (Å²) in [6.45, 7) is 4.22. The molecular formula is C17H20N2O3S2. The van der Waals surface area contributed by atoms with E-state index in [1.54, 1.807) is 48.2 Å². The first kappa shape index (κ1) is 18.5. The second kappa shape index (κ2) is 7.83. The average Bonchev–Trinajstić information content (AvgIpc) is 2.45. The number of hydrogen-bond acceptors (Lipinski definition) is 4. The first-order chi connectivity index (χ1) is 11.2. The Morgan fingerprint density at radius 2 is 1.83 bits per heavy atom. The minimum absolute atomic E-state index is 0.246. The number of anilines is 1. The first-order valence-electron chi connectivity index (χ1n) is 7.40. The molecule has 1 amide bonds. The van der Waals surface area contributed by atoms with Crippen LogP contribution >= 0.6 is 11.8 Å². The van der Waals surface area contributed by atoms with Crippen LogP contribution in [-0.4, -0.2) is 19.6 Å². The molecule has 7 heteroatoms. The van der Waals surface area contributed by atoms with Crippen LogP contribution in [0.4, 0.5) is 5.69 Å². The Bertz CT molecular complexity index is 816. The zero-order valence-electron chi connectivity index (χ0n) is 13.5. The van der Waals surface area contributed by atoms with Gasteiger partial charge in [-0.2, -0.15) is 0 Å². The van der Waals surface area contributed by atoms with E-state index in [4.69, 9.17) is 5.14 Å². The lowest BCUT2D eigenvalue weighted by Crippen LogP contribution is -2.15. The Labute approximate surface area is 146 Å². The largest absolute Gasteiger partial charge is 0.322 e. The van der Waals surface area contributed by atoms with Crippen LogP contribution in [0.3, 0.4) is 0 Å². The number of hydrogen-bond donors (Lipinski definition) is 2. The molecular weight excluding hydrogens is 344 g/mol. The van der Waals surface area contributed by atoms with Gasteiger partial charge in [-0.25, -0.2) is 13.6 Å². The van der Waals surface area contributed by atoms with E-state index < -0.39 is 10.0 Å². The van der Waals surface area contributed by atoms with E-state index >= 15 is 0 Å². The predicted molar refractivity (Wildman–Crippen MR) is 98.6 cm³/mol. The van der Waals surface area contributed by atoms with Crippen LogP contribution in [0.1, 0.15) is 29.8 Å². The summed E-state index contributed by atoms with van der Waals surface area (Å²) in [5, 5.41) is 8.28. The van der Waals surface area contributed by atoms with Gasteiger partial charge in [0, 0.05) is 21.4 Å². The van der Waals surface area contributed by atoms with E-state index in [1.807, 2.05) is 12.1 Å². The lowest BCUT2D eigenvalue weighted by Gasteiger charge is -2.08. The van der Waals surface area contributed by atoms with Gasteiger partial charge in [-0.3, -0.25) is 4.79 Å². The zero-order chi connectivity index (χ0) is 17.7. The number of thioether (sulfide) groups is 1. The molecule has 5 nitrogen and oxygen atoms in total. The van der Waals surface area contributed by atoms with E-state index in [1.165, 1.54) is 0 Å². The van der Waals surface area contributed by atoms with Crippen molar-refractivity contribution in [2.24, 2.45) is 5.14 Å². The van der Waals surface area contributed by atoms with E-state index in [9.17, 15) is 13.2 Å². The summed E-state index contributed by atoms with van der Waals surface area (Å²) in [6, 6.07) is 14.0. The maximum absolute atomic E-state index is 12.3. The van der Waals surface area contributed by atoms with Gasteiger partial charge < -0.3 is 5.32 Å². The fourth-order valence-electron chi connectivity index (χ4n) is 2.13. The summed E-state index contributed by atoms with van der Waals surface area (Å²) in [6.07, 6.45) is 0. The topological polar surface area (TPSA) is 89.3 Å². The fourth-order valence-corrected chi connectivity index (χ4v) is 3.61. The third kappa shape index (κ3) is 5.99. The predicted octanol–water partition coefficient (Wildman–Crippen LogP) is 3.23. The Kier molecular flexibility index (Phi) is 6.04. The highest BCUT2D eigenvalue weighted by Crippen LogP contribution is 2.23. The smallest absolute Gasteiger partial charge is 0.255 e. The molecule has 0 aromatic heterocycles. The molecule has 0 aliphatic carbocycles. The summed E-state index contributed by atoms with van der Waals surface area (Å²) >= 11 is 1.73. The summed E-state index contributed by atoms with van der Waals surface area (Å²) < 4.78 is 22.3. The average molecular weight is 364 g/mol. The number of sulfonamides is 1. The molecule has 0 fully saturated rings. The standard InChI is InChI=1S/C17H20N2O3S2/c1-12(2)23-16-8-6-14(7-9-16)17(20)19-15-5-3-4-13(10-15)11-24(18,21)22/h3-10,12H,11H2,1-2H3,(H,19,20)(H2,18,21,22). The van der Waals surface area contributed by atoms with Gasteiger partial charge in [0.05, 0.1) is 5.75 Å². The Hall–Kier alpha value is -1.83. The minimum atomic E-state index is -3.60. The van der Waals surface area contributed by atoms with Gasteiger partial charge >= 0.3 is 0 Å². The van der Waals surface area contributed by atoms with Crippen LogP contribution < -0.4 is 10.5 Å². The van der Waals surface area contributed by atoms with Crippen LogP contribution in [0.25, 0.3) is 0 Å². The van der Waals surface area contributed by atoms with Gasteiger partial charge in [-0.15, -0.1) is 11.8 Å². The molecule has 24 heavy (non-hydrogen) atoms.